The van der Waals surface area contributed by atoms with Gasteiger partial charge in [0.25, 0.3) is 5.91 Å². The topological polar surface area (TPSA) is 38.3 Å². The van der Waals surface area contributed by atoms with Crippen molar-refractivity contribution in [3.63, 3.8) is 0 Å². The van der Waals surface area contributed by atoms with Crippen LogP contribution in [-0.2, 0) is 0 Å². The van der Waals surface area contributed by atoms with E-state index >= 15 is 0 Å². The standard InChI is InChI=1S/C18H20ClNO2/c1-13(2)9-10-22-17-8-4-7-16(12-17)20-18(21)14-5-3-6-15(19)11-14/h3-8,11-13H,9-10H2,1-2H3,(H,20,21). The highest BCUT2D eigenvalue weighted by Gasteiger charge is 2.07. The number of nitrogens with one attached hydrogen (secondary N) is 1. The van der Waals surface area contributed by atoms with Crippen LogP contribution in [0.15, 0.2) is 48.5 Å². The summed E-state index contributed by atoms with van der Waals surface area (Å²) in [5, 5.41) is 3.39. The summed E-state index contributed by atoms with van der Waals surface area (Å²) in [6, 6.07) is 14.3. The van der Waals surface area contributed by atoms with Crippen molar-refractivity contribution in [2.24, 2.45) is 5.92 Å². The average Bonchev–Trinajstić information content (AvgIpc) is 2.47. The molecular weight excluding hydrogens is 298 g/mol. The second-order valence-electron chi connectivity index (χ2n) is 5.52. The van der Waals surface area contributed by atoms with E-state index in [0.29, 0.717) is 28.8 Å². The van der Waals surface area contributed by atoms with Gasteiger partial charge < -0.3 is 10.1 Å². The van der Waals surface area contributed by atoms with Crippen molar-refractivity contribution >= 4 is 23.2 Å². The van der Waals surface area contributed by atoms with Gasteiger partial charge in [0.1, 0.15) is 5.75 Å². The fourth-order valence-corrected chi connectivity index (χ4v) is 2.10. The van der Waals surface area contributed by atoms with Crippen LogP contribution in [0.3, 0.4) is 0 Å². The lowest BCUT2D eigenvalue weighted by Gasteiger charge is -2.10. The summed E-state index contributed by atoms with van der Waals surface area (Å²) in [4.78, 5) is 12.2. The number of rotatable bonds is 6. The zero-order valence-electron chi connectivity index (χ0n) is 12.8. The fraction of sp³-hybridized carbons (Fsp3) is 0.278. The third kappa shape index (κ3) is 5.08. The van der Waals surface area contributed by atoms with Crippen molar-refractivity contribution in [3.05, 3.63) is 59.1 Å². The highest BCUT2D eigenvalue weighted by Crippen LogP contribution is 2.19. The normalized spacial score (nSPS) is 10.5. The van der Waals surface area contributed by atoms with Crippen LogP contribution in [0.4, 0.5) is 5.69 Å². The quantitative estimate of drug-likeness (QED) is 0.812. The summed E-state index contributed by atoms with van der Waals surface area (Å²) in [7, 11) is 0. The Balaban J connectivity index is 1.99. The molecule has 4 heteroatoms. The molecule has 22 heavy (non-hydrogen) atoms. The smallest absolute Gasteiger partial charge is 0.255 e. The minimum atomic E-state index is -0.193. The number of halogens is 1. The monoisotopic (exact) mass is 317 g/mol. The summed E-state index contributed by atoms with van der Waals surface area (Å²) < 4.78 is 5.69. The van der Waals surface area contributed by atoms with E-state index in [1.54, 1.807) is 24.3 Å². The molecule has 0 aromatic heterocycles. The van der Waals surface area contributed by atoms with Gasteiger partial charge in [-0.3, -0.25) is 4.79 Å². The van der Waals surface area contributed by atoms with E-state index in [2.05, 4.69) is 19.2 Å². The zero-order valence-corrected chi connectivity index (χ0v) is 13.6. The van der Waals surface area contributed by atoms with Crippen LogP contribution in [0, 0.1) is 5.92 Å². The molecule has 116 valence electrons. The van der Waals surface area contributed by atoms with Crippen LogP contribution < -0.4 is 10.1 Å². The molecule has 0 radical (unpaired) electrons. The maximum atomic E-state index is 12.2. The highest BCUT2D eigenvalue weighted by molar-refractivity contribution is 6.31. The van der Waals surface area contributed by atoms with E-state index in [1.165, 1.54) is 0 Å². The lowest BCUT2D eigenvalue weighted by atomic mass is 10.1. The Bertz CT molecular complexity index is 640. The van der Waals surface area contributed by atoms with Gasteiger partial charge in [0.2, 0.25) is 0 Å². The first kappa shape index (κ1) is 16.4. The number of carbonyl (C=O) groups is 1. The first-order valence-corrected chi connectivity index (χ1v) is 7.72. The van der Waals surface area contributed by atoms with Gasteiger partial charge >= 0.3 is 0 Å². The molecule has 3 nitrogen and oxygen atoms in total. The predicted molar refractivity (Wildman–Crippen MR) is 90.8 cm³/mol. The van der Waals surface area contributed by atoms with Crippen LogP contribution in [0.5, 0.6) is 5.75 Å². The molecule has 0 fully saturated rings. The highest BCUT2D eigenvalue weighted by atomic mass is 35.5. The molecule has 0 aliphatic heterocycles. The van der Waals surface area contributed by atoms with E-state index in [1.807, 2.05) is 24.3 Å². The molecule has 2 aromatic carbocycles. The van der Waals surface area contributed by atoms with Gasteiger partial charge in [-0.1, -0.05) is 37.6 Å². The molecule has 0 saturated carbocycles. The second-order valence-corrected chi connectivity index (χ2v) is 5.96. The summed E-state index contributed by atoms with van der Waals surface area (Å²) in [6.45, 7) is 4.99. The van der Waals surface area contributed by atoms with Gasteiger partial charge in [0.05, 0.1) is 6.61 Å². The number of anilines is 1. The lowest BCUT2D eigenvalue weighted by molar-refractivity contribution is 0.102. The Morgan fingerprint density at radius 3 is 2.68 bits per heavy atom. The van der Waals surface area contributed by atoms with E-state index < -0.39 is 0 Å². The van der Waals surface area contributed by atoms with Crippen molar-refractivity contribution in [1.82, 2.24) is 0 Å². The zero-order chi connectivity index (χ0) is 15.9. The fourth-order valence-electron chi connectivity index (χ4n) is 1.91. The molecule has 0 saturated heterocycles. The van der Waals surface area contributed by atoms with E-state index in [9.17, 15) is 4.79 Å². The van der Waals surface area contributed by atoms with Crippen LogP contribution >= 0.6 is 11.6 Å². The van der Waals surface area contributed by atoms with Gasteiger partial charge in [-0.2, -0.15) is 0 Å². The third-order valence-electron chi connectivity index (χ3n) is 3.14. The number of hydrogen-bond acceptors (Lipinski definition) is 2. The molecule has 0 heterocycles. The molecule has 0 spiro atoms. The molecule has 0 unspecified atom stereocenters. The number of carbonyl (C=O) groups excluding carboxylic acids is 1. The van der Waals surface area contributed by atoms with Crippen molar-refractivity contribution < 1.29 is 9.53 Å². The Morgan fingerprint density at radius 1 is 1.18 bits per heavy atom. The summed E-state index contributed by atoms with van der Waals surface area (Å²) in [5.74, 6) is 1.16. The molecule has 2 aromatic rings. The lowest BCUT2D eigenvalue weighted by Crippen LogP contribution is -2.11. The third-order valence-corrected chi connectivity index (χ3v) is 3.38. The van der Waals surface area contributed by atoms with Gasteiger partial charge in [-0.05, 0) is 42.7 Å². The first-order valence-electron chi connectivity index (χ1n) is 7.34. The van der Waals surface area contributed by atoms with Crippen LogP contribution in [0.1, 0.15) is 30.6 Å². The summed E-state index contributed by atoms with van der Waals surface area (Å²) >= 11 is 5.90. The Labute approximate surface area is 136 Å². The Hall–Kier alpha value is -2.00. The van der Waals surface area contributed by atoms with Gasteiger partial charge in [-0.25, -0.2) is 0 Å². The number of ether oxygens (including phenoxy) is 1. The molecule has 0 aliphatic carbocycles. The molecular formula is C18H20ClNO2. The Morgan fingerprint density at radius 2 is 1.95 bits per heavy atom. The largest absolute Gasteiger partial charge is 0.494 e. The molecule has 0 bridgehead atoms. The Kier molecular flexibility index (Phi) is 5.84. The summed E-state index contributed by atoms with van der Waals surface area (Å²) in [6.07, 6.45) is 0.999. The van der Waals surface area contributed by atoms with Crippen molar-refractivity contribution in [2.45, 2.75) is 20.3 Å². The molecule has 1 amide bonds. The van der Waals surface area contributed by atoms with Crippen LogP contribution in [0.2, 0.25) is 5.02 Å². The van der Waals surface area contributed by atoms with Crippen molar-refractivity contribution in [1.29, 1.82) is 0 Å². The second kappa shape index (κ2) is 7.85. The van der Waals surface area contributed by atoms with Crippen LogP contribution in [0.25, 0.3) is 0 Å². The van der Waals surface area contributed by atoms with E-state index in [4.69, 9.17) is 16.3 Å². The average molecular weight is 318 g/mol. The van der Waals surface area contributed by atoms with E-state index in [-0.39, 0.29) is 5.91 Å². The van der Waals surface area contributed by atoms with Crippen molar-refractivity contribution in [3.8, 4) is 5.75 Å². The first-order chi connectivity index (χ1) is 10.5. The summed E-state index contributed by atoms with van der Waals surface area (Å²) in [5.41, 5.74) is 1.23. The number of hydrogen-bond donors (Lipinski definition) is 1. The maximum Gasteiger partial charge on any atom is 0.255 e. The SMILES string of the molecule is CC(C)CCOc1cccc(NC(=O)c2cccc(Cl)c2)c1. The van der Waals surface area contributed by atoms with Crippen molar-refractivity contribution in [2.75, 3.05) is 11.9 Å². The van der Waals surface area contributed by atoms with E-state index in [0.717, 1.165) is 12.2 Å². The van der Waals surface area contributed by atoms with Gasteiger partial charge in [0.15, 0.2) is 0 Å². The maximum absolute atomic E-state index is 12.2. The van der Waals surface area contributed by atoms with Gasteiger partial charge in [0, 0.05) is 22.3 Å². The minimum Gasteiger partial charge on any atom is -0.494 e. The predicted octanol–water partition coefficient (Wildman–Crippen LogP) is 5.02. The van der Waals surface area contributed by atoms with Gasteiger partial charge in [-0.15, -0.1) is 0 Å². The van der Waals surface area contributed by atoms with Crippen LogP contribution in [-0.4, -0.2) is 12.5 Å². The molecule has 0 atom stereocenters. The molecule has 2 rings (SSSR count). The number of amides is 1. The minimum absolute atomic E-state index is 0.193. The number of benzene rings is 2. The molecule has 0 aliphatic rings. The molecule has 1 N–H and O–H groups in total.